The van der Waals surface area contributed by atoms with E-state index in [-0.39, 0.29) is 23.3 Å². The topological polar surface area (TPSA) is 58.6 Å². The first-order chi connectivity index (χ1) is 8.45. The molecule has 2 N–H and O–H groups in total. The lowest BCUT2D eigenvalue weighted by Crippen LogP contribution is -2.41. The van der Waals surface area contributed by atoms with Crippen molar-refractivity contribution in [2.75, 3.05) is 13.7 Å². The number of hydrogen-bond donors (Lipinski definition) is 2. The number of rotatable bonds is 5. The minimum atomic E-state index is -0.564. The number of hydrogen-bond acceptors (Lipinski definition) is 3. The number of carbonyl (C=O) groups excluding carboxylic acids is 1. The van der Waals surface area contributed by atoms with Crippen LogP contribution in [-0.4, -0.2) is 30.8 Å². The first-order valence-corrected chi connectivity index (χ1v) is 5.74. The van der Waals surface area contributed by atoms with Gasteiger partial charge in [-0.05, 0) is 24.1 Å². The highest BCUT2D eigenvalue weighted by Gasteiger charge is 2.19. The number of phenolic OH excluding ortho intramolecular Hbond substituents is 1. The van der Waals surface area contributed by atoms with Crippen LogP contribution < -0.4 is 5.32 Å². The number of benzene rings is 1. The summed E-state index contributed by atoms with van der Waals surface area (Å²) in [6.45, 7) is 4.24. The fourth-order valence-electron chi connectivity index (χ4n) is 1.52. The second-order valence-electron chi connectivity index (χ2n) is 4.44. The molecule has 0 saturated carbocycles. The molecular formula is C13H18FNO3. The number of nitrogens with one attached hydrogen (secondary N) is 1. The van der Waals surface area contributed by atoms with Gasteiger partial charge in [-0.15, -0.1) is 0 Å². The van der Waals surface area contributed by atoms with Gasteiger partial charge in [0, 0.05) is 7.11 Å². The Hall–Kier alpha value is -1.62. The molecule has 1 atom stereocenters. The molecule has 0 saturated heterocycles. The quantitative estimate of drug-likeness (QED) is 0.845. The van der Waals surface area contributed by atoms with E-state index in [9.17, 15) is 14.3 Å². The van der Waals surface area contributed by atoms with Gasteiger partial charge >= 0.3 is 0 Å². The monoisotopic (exact) mass is 255 g/mol. The molecule has 0 aliphatic carbocycles. The minimum absolute atomic E-state index is 0.0725. The Bertz CT molecular complexity index is 421. The maximum Gasteiger partial charge on any atom is 0.255 e. The average Bonchev–Trinajstić information content (AvgIpc) is 2.31. The van der Waals surface area contributed by atoms with Crippen molar-refractivity contribution in [3.63, 3.8) is 0 Å². The zero-order valence-electron chi connectivity index (χ0n) is 10.7. The lowest BCUT2D eigenvalue weighted by Gasteiger charge is -2.21. The van der Waals surface area contributed by atoms with Gasteiger partial charge in [-0.1, -0.05) is 13.8 Å². The Balaban J connectivity index is 2.83. The predicted octanol–water partition coefficient (Wildman–Crippen LogP) is 1.93. The number of phenols is 1. The van der Waals surface area contributed by atoms with Crippen molar-refractivity contribution < 1.29 is 19.0 Å². The average molecular weight is 255 g/mol. The summed E-state index contributed by atoms with van der Waals surface area (Å²) in [5.41, 5.74) is -0.0725. The summed E-state index contributed by atoms with van der Waals surface area (Å²) in [5.74, 6) is -1.15. The van der Waals surface area contributed by atoms with E-state index in [1.807, 2.05) is 13.8 Å². The van der Waals surface area contributed by atoms with Gasteiger partial charge < -0.3 is 15.2 Å². The highest BCUT2D eigenvalue weighted by molar-refractivity contribution is 5.97. The van der Waals surface area contributed by atoms with Crippen molar-refractivity contribution in [2.24, 2.45) is 5.92 Å². The van der Waals surface area contributed by atoms with E-state index in [0.717, 1.165) is 18.2 Å². The molecular weight excluding hydrogens is 237 g/mol. The van der Waals surface area contributed by atoms with Crippen LogP contribution in [0.5, 0.6) is 5.75 Å². The number of methoxy groups -OCH3 is 1. The molecule has 0 bridgehead atoms. The molecule has 0 aliphatic rings. The van der Waals surface area contributed by atoms with Crippen LogP contribution in [0.4, 0.5) is 4.39 Å². The predicted molar refractivity (Wildman–Crippen MR) is 66.0 cm³/mol. The largest absolute Gasteiger partial charge is 0.507 e. The molecule has 18 heavy (non-hydrogen) atoms. The summed E-state index contributed by atoms with van der Waals surface area (Å²) < 4.78 is 18.0. The molecule has 1 aromatic carbocycles. The van der Waals surface area contributed by atoms with Crippen molar-refractivity contribution >= 4 is 5.91 Å². The maximum absolute atomic E-state index is 13.0. The van der Waals surface area contributed by atoms with Gasteiger partial charge in [-0.2, -0.15) is 0 Å². The summed E-state index contributed by atoms with van der Waals surface area (Å²) in [5, 5.41) is 12.2. The van der Waals surface area contributed by atoms with Gasteiger partial charge in [0.25, 0.3) is 5.91 Å². The lowest BCUT2D eigenvalue weighted by atomic mass is 10.0. The SMILES string of the molecule is COCC(NC(=O)c1cc(F)ccc1O)C(C)C. The van der Waals surface area contributed by atoms with E-state index in [4.69, 9.17) is 4.74 Å². The van der Waals surface area contributed by atoms with Crippen LogP contribution in [0, 0.1) is 11.7 Å². The van der Waals surface area contributed by atoms with E-state index in [0.29, 0.717) is 6.61 Å². The van der Waals surface area contributed by atoms with E-state index >= 15 is 0 Å². The van der Waals surface area contributed by atoms with Gasteiger partial charge in [0.15, 0.2) is 0 Å². The smallest absolute Gasteiger partial charge is 0.255 e. The number of carbonyl (C=O) groups is 1. The minimum Gasteiger partial charge on any atom is -0.507 e. The molecule has 4 nitrogen and oxygen atoms in total. The fraction of sp³-hybridized carbons (Fsp3) is 0.462. The van der Waals surface area contributed by atoms with Crippen molar-refractivity contribution in [1.29, 1.82) is 0 Å². The summed E-state index contributed by atoms with van der Waals surface area (Å²) in [4.78, 5) is 11.9. The molecule has 0 spiro atoms. The first kappa shape index (κ1) is 14.4. The van der Waals surface area contributed by atoms with Crippen molar-refractivity contribution in [3.8, 4) is 5.75 Å². The Kier molecular flexibility index (Phi) is 5.09. The summed E-state index contributed by atoms with van der Waals surface area (Å²) in [7, 11) is 1.54. The molecule has 0 radical (unpaired) electrons. The van der Waals surface area contributed by atoms with E-state index in [1.165, 1.54) is 0 Å². The van der Waals surface area contributed by atoms with Gasteiger partial charge in [-0.3, -0.25) is 4.79 Å². The summed E-state index contributed by atoms with van der Waals surface area (Å²) in [6.07, 6.45) is 0. The van der Waals surface area contributed by atoms with E-state index in [1.54, 1.807) is 7.11 Å². The Labute approximate surface area is 106 Å². The molecule has 1 aromatic rings. The third-order valence-corrected chi connectivity index (χ3v) is 2.67. The standard InChI is InChI=1S/C13H18FNO3/c1-8(2)11(7-18-3)15-13(17)10-6-9(14)4-5-12(10)16/h4-6,8,11,16H,7H2,1-3H3,(H,15,17). The molecule has 1 unspecified atom stereocenters. The van der Waals surface area contributed by atoms with E-state index in [2.05, 4.69) is 5.32 Å². The van der Waals surface area contributed by atoms with Crippen molar-refractivity contribution in [1.82, 2.24) is 5.32 Å². The van der Waals surface area contributed by atoms with Crippen LogP contribution in [0.25, 0.3) is 0 Å². The zero-order valence-corrected chi connectivity index (χ0v) is 10.7. The van der Waals surface area contributed by atoms with Crippen LogP contribution in [-0.2, 0) is 4.74 Å². The first-order valence-electron chi connectivity index (χ1n) is 5.74. The fourth-order valence-corrected chi connectivity index (χ4v) is 1.52. The third kappa shape index (κ3) is 3.70. The van der Waals surface area contributed by atoms with Gasteiger partial charge in [0.1, 0.15) is 11.6 Å². The van der Waals surface area contributed by atoms with Crippen LogP contribution in [0.1, 0.15) is 24.2 Å². The van der Waals surface area contributed by atoms with Crippen LogP contribution >= 0.6 is 0 Å². The van der Waals surface area contributed by atoms with Gasteiger partial charge in [-0.25, -0.2) is 4.39 Å². The molecule has 0 fully saturated rings. The summed E-state index contributed by atoms with van der Waals surface area (Å²) >= 11 is 0. The molecule has 0 aromatic heterocycles. The number of aromatic hydroxyl groups is 1. The van der Waals surface area contributed by atoms with Crippen LogP contribution in [0.15, 0.2) is 18.2 Å². The maximum atomic E-state index is 13.0. The summed E-state index contributed by atoms with van der Waals surface area (Å²) in [6, 6.07) is 3.08. The number of amides is 1. The highest BCUT2D eigenvalue weighted by atomic mass is 19.1. The van der Waals surface area contributed by atoms with Crippen LogP contribution in [0.3, 0.4) is 0 Å². The van der Waals surface area contributed by atoms with E-state index < -0.39 is 11.7 Å². The molecule has 5 heteroatoms. The molecule has 100 valence electrons. The van der Waals surface area contributed by atoms with Crippen molar-refractivity contribution in [2.45, 2.75) is 19.9 Å². The zero-order chi connectivity index (χ0) is 13.7. The lowest BCUT2D eigenvalue weighted by molar-refractivity contribution is 0.0863. The Morgan fingerprint density at radius 1 is 1.50 bits per heavy atom. The normalized spacial score (nSPS) is 12.5. The van der Waals surface area contributed by atoms with Gasteiger partial charge in [0.05, 0.1) is 18.2 Å². The molecule has 1 rings (SSSR count). The number of ether oxygens (including phenoxy) is 1. The highest BCUT2D eigenvalue weighted by Crippen LogP contribution is 2.18. The van der Waals surface area contributed by atoms with Crippen LogP contribution in [0.2, 0.25) is 0 Å². The number of halogens is 1. The Morgan fingerprint density at radius 3 is 2.72 bits per heavy atom. The van der Waals surface area contributed by atoms with Gasteiger partial charge in [0.2, 0.25) is 0 Å². The molecule has 1 amide bonds. The van der Waals surface area contributed by atoms with Crippen molar-refractivity contribution in [3.05, 3.63) is 29.6 Å². The molecule has 0 heterocycles. The Morgan fingerprint density at radius 2 is 2.17 bits per heavy atom. The third-order valence-electron chi connectivity index (χ3n) is 2.67. The second-order valence-corrected chi connectivity index (χ2v) is 4.44. The molecule has 0 aliphatic heterocycles. The second kappa shape index (κ2) is 6.35.